The van der Waals surface area contributed by atoms with Crippen molar-refractivity contribution in [3.8, 4) is 0 Å². The van der Waals surface area contributed by atoms with E-state index in [0.717, 1.165) is 9.46 Å². The van der Waals surface area contributed by atoms with Crippen LogP contribution in [-0.4, -0.2) is 34.2 Å². The summed E-state index contributed by atoms with van der Waals surface area (Å²) in [6.45, 7) is -1.25. The summed E-state index contributed by atoms with van der Waals surface area (Å²) in [6.07, 6.45) is -2.83. The van der Waals surface area contributed by atoms with Gasteiger partial charge in [0.05, 0.1) is 11.0 Å². The van der Waals surface area contributed by atoms with Crippen molar-refractivity contribution in [1.29, 1.82) is 0 Å². The van der Waals surface area contributed by atoms with Crippen molar-refractivity contribution in [2.45, 2.75) is 17.6 Å². The molecule has 0 unspecified atom stereocenters. The van der Waals surface area contributed by atoms with Crippen LogP contribution in [0.15, 0.2) is 53.4 Å². The summed E-state index contributed by atoms with van der Waals surface area (Å²) in [4.78, 5) is 28.7. The number of rotatable bonds is 6. The maximum Gasteiger partial charge on any atom is 0.449 e. The number of hydrogen-bond donors (Lipinski definition) is 0. The number of nitrogens with zero attached hydrogens (tertiary/aromatic N) is 2. The third-order valence-corrected chi connectivity index (χ3v) is 4.72. The second-order valence-electron chi connectivity index (χ2n) is 5.82. The van der Waals surface area contributed by atoms with Gasteiger partial charge in [0.15, 0.2) is 12.4 Å². The van der Waals surface area contributed by atoms with E-state index in [2.05, 4.69) is 4.98 Å². The molecule has 0 atom stereocenters. The number of alkyl halides is 3. The monoisotopic (exact) mass is 408 g/mol. The molecule has 0 amide bonds. The molecule has 1 heterocycles. The second-order valence-corrected chi connectivity index (χ2v) is 6.70. The molecule has 0 N–H and O–H groups in total. The lowest BCUT2D eigenvalue weighted by Crippen LogP contribution is -2.22. The Kier molecular flexibility index (Phi) is 5.73. The van der Waals surface area contributed by atoms with Crippen LogP contribution in [0.2, 0.25) is 0 Å². The normalized spacial score (nSPS) is 11.6. The number of ketones is 1. The van der Waals surface area contributed by atoms with Crippen molar-refractivity contribution in [3.05, 3.63) is 59.9 Å². The molecule has 0 saturated carbocycles. The van der Waals surface area contributed by atoms with E-state index in [4.69, 9.17) is 4.74 Å². The van der Waals surface area contributed by atoms with Gasteiger partial charge in [-0.1, -0.05) is 24.3 Å². The molecule has 1 aromatic heterocycles. The first-order valence-electron chi connectivity index (χ1n) is 8.15. The Morgan fingerprint density at radius 2 is 1.79 bits per heavy atom. The molecule has 0 fully saturated rings. The molecule has 0 aliphatic rings. The van der Waals surface area contributed by atoms with E-state index in [0.29, 0.717) is 5.56 Å². The molecule has 0 aliphatic heterocycles. The molecule has 0 radical (unpaired) electrons. The van der Waals surface area contributed by atoms with Crippen LogP contribution in [0.3, 0.4) is 0 Å². The van der Waals surface area contributed by atoms with E-state index in [1.165, 1.54) is 23.9 Å². The van der Waals surface area contributed by atoms with Crippen LogP contribution >= 0.6 is 11.8 Å². The maximum atomic E-state index is 13.2. The molecule has 0 saturated heterocycles. The molecule has 5 nitrogen and oxygen atoms in total. The predicted molar refractivity (Wildman–Crippen MR) is 98.2 cm³/mol. The molecule has 3 rings (SSSR count). The number of Topliss-reactive ketones (excluding diaryl/α,β-unsaturated/α-hetero) is 1. The van der Waals surface area contributed by atoms with Crippen LogP contribution < -0.4 is 0 Å². The van der Waals surface area contributed by atoms with Gasteiger partial charge in [-0.2, -0.15) is 13.2 Å². The van der Waals surface area contributed by atoms with Gasteiger partial charge in [0, 0.05) is 10.5 Å². The highest BCUT2D eigenvalue weighted by molar-refractivity contribution is 7.98. The molecule has 146 valence electrons. The summed E-state index contributed by atoms with van der Waals surface area (Å²) < 4.78 is 45.4. The zero-order valence-electron chi connectivity index (χ0n) is 14.7. The summed E-state index contributed by atoms with van der Waals surface area (Å²) in [7, 11) is 0. The second kappa shape index (κ2) is 8.05. The number of fused-ring (bicyclic) bond motifs is 1. The highest BCUT2D eigenvalue weighted by atomic mass is 32.2. The minimum atomic E-state index is -4.73. The number of carbonyl (C=O) groups excluding carboxylic acids is 2. The third kappa shape index (κ3) is 4.36. The predicted octanol–water partition coefficient (Wildman–Crippen LogP) is 4.20. The Morgan fingerprint density at radius 1 is 1.11 bits per heavy atom. The van der Waals surface area contributed by atoms with Crippen molar-refractivity contribution < 1.29 is 27.5 Å². The van der Waals surface area contributed by atoms with E-state index < -0.39 is 36.9 Å². The van der Waals surface area contributed by atoms with Crippen LogP contribution in [-0.2, 0) is 22.3 Å². The van der Waals surface area contributed by atoms with Gasteiger partial charge in [0.25, 0.3) is 0 Å². The number of para-hydroxylation sites is 2. The van der Waals surface area contributed by atoms with Gasteiger partial charge in [-0.15, -0.1) is 11.8 Å². The number of esters is 1. The van der Waals surface area contributed by atoms with Crippen molar-refractivity contribution in [3.63, 3.8) is 0 Å². The maximum absolute atomic E-state index is 13.2. The summed E-state index contributed by atoms with van der Waals surface area (Å²) in [5, 5.41) is 0. The number of thioether (sulfide) groups is 1. The van der Waals surface area contributed by atoms with E-state index in [-0.39, 0.29) is 11.0 Å². The fraction of sp³-hybridized carbons (Fsp3) is 0.211. The first kappa shape index (κ1) is 19.9. The zero-order chi connectivity index (χ0) is 20.3. The number of carbonyl (C=O) groups is 2. The number of hydrogen-bond acceptors (Lipinski definition) is 5. The fourth-order valence-corrected chi connectivity index (χ4v) is 3.04. The Hall–Kier alpha value is -2.81. The lowest BCUT2D eigenvalue weighted by Gasteiger charge is -2.11. The van der Waals surface area contributed by atoms with Gasteiger partial charge in [-0.3, -0.25) is 9.59 Å². The van der Waals surface area contributed by atoms with Gasteiger partial charge in [0.2, 0.25) is 5.82 Å². The quantitative estimate of drug-likeness (QED) is 0.348. The minimum absolute atomic E-state index is 0.118. The van der Waals surface area contributed by atoms with Gasteiger partial charge in [-0.05, 0) is 30.5 Å². The van der Waals surface area contributed by atoms with Crippen LogP contribution in [0.25, 0.3) is 11.0 Å². The molecular weight excluding hydrogens is 393 g/mol. The first-order chi connectivity index (χ1) is 13.3. The van der Waals surface area contributed by atoms with Crippen LogP contribution in [0.1, 0.15) is 16.2 Å². The summed E-state index contributed by atoms with van der Waals surface area (Å²) in [5.41, 5.74) is 0.632. The minimum Gasteiger partial charge on any atom is -0.456 e. The first-order valence-corrected chi connectivity index (χ1v) is 9.37. The van der Waals surface area contributed by atoms with Gasteiger partial charge >= 0.3 is 12.1 Å². The lowest BCUT2D eigenvalue weighted by atomic mass is 10.1. The van der Waals surface area contributed by atoms with Crippen molar-refractivity contribution in [2.75, 3.05) is 12.9 Å². The number of ether oxygens (including phenoxy) is 1. The van der Waals surface area contributed by atoms with Gasteiger partial charge < -0.3 is 9.30 Å². The Morgan fingerprint density at radius 3 is 2.43 bits per heavy atom. The average molecular weight is 408 g/mol. The average Bonchev–Trinajstić information content (AvgIpc) is 3.05. The van der Waals surface area contributed by atoms with Crippen molar-refractivity contribution >= 4 is 34.5 Å². The Balaban J connectivity index is 1.72. The fourth-order valence-electron chi connectivity index (χ4n) is 2.63. The van der Waals surface area contributed by atoms with E-state index in [1.807, 2.05) is 6.26 Å². The zero-order valence-corrected chi connectivity index (χ0v) is 15.5. The SMILES string of the molecule is CSc1ccc(C(=O)COC(=O)Cn2c(C(F)(F)F)nc3ccccc32)cc1. The Labute approximate surface area is 162 Å². The Bertz CT molecular complexity index is 1010. The smallest absolute Gasteiger partial charge is 0.449 e. The third-order valence-electron chi connectivity index (χ3n) is 3.97. The molecule has 0 bridgehead atoms. The number of halogens is 3. The van der Waals surface area contributed by atoms with Crippen LogP contribution in [0.5, 0.6) is 0 Å². The molecule has 3 aromatic rings. The molecule has 2 aromatic carbocycles. The van der Waals surface area contributed by atoms with E-state index >= 15 is 0 Å². The molecule has 0 aliphatic carbocycles. The van der Waals surface area contributed by atoms with Gasteiger partial charge in [-0.25, -0.2) is 4.98 Å². The van der Waals surface area contributed by atoms with Crippen molar-refractivity contribution in [1.82, 2.24) is 9.55 Å². The van der Waals surface area contributed by atoms with Gasteiger partial charge in [0.1, 0.15) is 6.54 Å². The molecule has 9 heteroatoms. The topological polar surface area (TPSA) is 61.2 Å². The highest BCUT2D eigenvalue weighted by Crippen LogP contribution is 2.31. The van der Waals surface area contributed by atoms with Crippen molar-refractivity contribution in [2.24, 2.45) is 0 Å². The van der Waals surface area contributed by atoms with Crippen LogP contribution in [0.4, 0.5) is 13.2 Å². The number of benzene rings is 2. The lowest BCUT2D eigenvalue weighted by molar-refractivity contribution is -0.150. The van der Waals surface area contributed by atoms with E-state index in [1.54, 1.807) is 36.4 Å². The number of imidazole rings is 1. The largest absolute Gasteiger partial charge is 0.456 e. The molecular formula is C19H15F3N2O3S. The van der Waals surface area contributed by atoms with Crippen LogP contribution in [0, 0.1) is 0 Å². The summed E-state index contributed by atoms with van der Waals surface area (Å²) in [6, 6.07) is 12.7. The standard InChI is InChI=1S/C19H15F3N2O3S/c1-28-13-8-6-12(7-9-13)16(25)11-27-17(26)10-24-15-5-3-2-4-14(15)23-18(24)19(20,21)22/h2-9H,10-11H2,1H3. The van der Waals surface area contributed by atoms with E-state index in [9.17, 15) is 22.8 Å². The molecule has 28 heavy (non-hydrogen) atoms. The highest BCUT2D eigenvalue weighted by Gasteiger charge is 2.38. The summed E-state index contributed by atoms with van der Waals surface area (Å²) >= 11 is 1.52. The molecule has 0 spiro atoms. The summed E-state index contributed by atoms with van der Waals surface area (Å²) in [5.74, 6) is -2.58. The number of aromatic nitrogens is 2.